The average molecular weight is 311 g/mol. The third-order valence-corrected chi connectivity index (χ3v) is 3.97. The van der Waals surface area contributed by atoms with Gasteiger partial charge in [0.25, 0.3) is 0 Å². The second kappa shape index (κ2) is 6.34. The van der Waals surface area contributed by atoms with Crippen molar-refractivity contribution in [3.05, 3.63) is 34.3 Å². The Balaban J connectivity index is 1.99. The van der Waals surface area contributed by atoms with E-state index in [0.717, 1.165) is 30.3 Å². The van der Waals surface area contributed by atoms with E-state index in [9.17, 15) is 4.79 Å². The van der Waals surface area contributed by atoms with Crippen molar-refractivity contribution in [3.63, 3.8) is 0 Å². The summed E-state index contributed by atoms with van der Waals surface area (Å²) in [5.41, 5.74) is 6.75. The normalized spacial score (nSPS) is 19.2. The predicted octanol–water partition coefficient (Wildman–Crippen LogP) is 2.33. The smallest absolute Gasteiger partial charge is 0.224 e. The van der Waals surface area contributed by atoms with Gasteiger partial charge in [0, 0.05) is 30.0 Å². The fourth-order valence-corrected chi connectivity index (χ4v) is 2.80. The summed E-state index contributed by atoms with van der Waals surface area (Å²) in [5, 5.41) is 0. The van der Waals surface area contributed by atoms with Crippen LogP contribution in [0.25, 0.3) is 0 Å². The van der Waals surface area contributed by atoms with Gasteiger partial charge in [-0.05, 0) is 37.0 Å². The van der Waals surface area contributed by atoms with Crippen molar-refractivity contribution in [1.29, 1.82) is 0 Å². The molecule has 98 valence electrons. The number of likely N-dealkylation sites (tertiary alicyclic amines) is 1. The van der Waals surface area contributed by atoms with Gasteiger partial charge in [0.15, 0.2) is 0 Å². The highest BCUT2D eigenvalue weighted by molar-refractivity contribution is 9.10. The Morgan fingerprint density at radius 2 is 2.11 bits per heavy atom. The molecule has 0 aliphatic carbocycles. The quantitative estimate of drug-likeness (QED) is 0.928. The molecule has 1 amide bonds. The number of nitrogens with two attached hydrogens (primary N) is 1. The molecule has 1 aliphatic rings. The summed E-state index contributed by atoms with van der Waals surface area (Å²) in [6.45, 7) is 1.33. The number of halogens is 1. The van der Waals surface area contributed by atoms with Gasteiger partial charge in [0.2, 0.25) is 5.91 Å². The molecule has 4 heteroatoms. The fraction of sp³-hybridized carbons (Fsp3) is 0.500. The van der Waals surface area contributed by atoms with Gasteiger partial charge < -0.3 is 10.6 Å². The molecule has 1 aliphatic heterocycles. The van der Waals surface area contributed by atoms with Crippen LogP contribution in [0.4, 0.5) is 0 Å². The summed E-state index contributed by atoms with van der Waals surface area (Å²) < 4.78 is 1.09. The summed E-state index contributed by atoms with van der Waals surface area (Å²) in [6, 6.07) is 8.69. The topological polar surface area (TPSA) is 46.3 Å². The van der Waals surface area contributed by atoms with Gasteiger partial charge in [-0.15, -0.1) is 0 Å². The highest BCUT2D eigenvalue weighted by Crippen LogP contribution is 2.22. The number of rotatable bonds is 4. The number of hydrogen-bond donors (Lipinski definition) is 1. The molecule has 2 N–H and O–H groups in total. The zero-order chi connectivity index (χ0) is 13.0. The van der Waals surface area contributed by atoms with Crippen LogP contribution in [0.2, 0.25) is 0 Å². The van der Waals surface area contributed by atoms with Crippen LogP contribution in [0.15, 0.2) is 28.7 Å². The van der Waals surface area contributed by atoms with Gasteiger partial charge in [-0.3, -0.25) is 4.79 Å². The first-order valence-corrected chi connectivity index (χ1v) is 7.24. The van der Waals surface area contributed by atoms with Crippen LogP contribution < -0.4 is 5.73 Å². The first kappa shape index (κ1) is 13.6. The third-order valence-electron chi connectivity index (χ3n) is 3.44. The number of benzene rings is 1. The van der Waals surface area contributed by atoms with Crippen LogP contribution in [0.1, 0.15) is 24.8 Å². The van der Waals surface area contributed by atoms with E-state index in [0.29, 0.717) is 19.0 Å². The molecule has 1 aromatic rings. The second-order valence-electron chi connectivity index (χ2n) is 4.75. The predicted molar refractivity (Wildman–Crippen MR) is 76.3 cm³/mol. The molecule has 1 aromatic carbocycles. The lowest BCUT2D eigenvalue weighted by Crippen LogP contribution is -2.37. The van der Waals surface area contributed by atoms with Gasteiger partial charge in [-0.1, -0.05) is 28.1 Å². The number of nitrogens with zero attached hydrogens (tertiary/aromatic N) is 1. The lowest BCUT2D eigenvalue weighted by atomic mass is 10.0. The van der Waals surface area contributed by atoms with E-state index in [1.807, 2.05) is 4.90 Å². The molecule has 0 spiro atoms. The third kappa shape index (κ3) is 3.33. The molecule has 0 radical (unpaired) electrons. The molecule has 1 heterocycles. The van der Waals surface area contributed by atoms with Crippen LogP contribution >= 0.6 is 15.9 Å². The van der Waals surface area contributed by atoms with E-state index in [4.69, 9.17) is 5.73 Å². The summed E-state index contributed by atoms with van der Waals surface area (Å²) in [6.07, 6.45) is 3.63. The molecule has 18 heavy (non-hydrogen) atoms. The Kier molecular flexibility index (Phi) is 4.78. The molecule has 0 saturated carbocycles. The Morgan fingerprint density at radius 1 is 1.39 bits per heavy atom. The zero-order valence-electron chi connectivity index (χ0n) is 10.4. The van der Waals surface area contributed by atoms with E-state index in [1.54, 1.807) is 0 Å². The van der Waals surface area contributed by atoms with Gasteiger partial charge in [0.1, 0.15) is 0 Å². The van der Waals surface area contributed by atoms with Gasteiger partial charge in [0.05, 0.1) is 0 Å². The number of carbonyl (C=O) groups is 1. The van der Waals surface area contributed by atoms with Gasteiger partial charge in [-0.25, -0.2) is 0 Å². The maximum atomic E-state index is 11.9. The van der Waals surface area contributed by atoms with Gasteiger partial charge in [-0.2, -0.15) is 0 Å². The molecule has 1 fully saturated rings. The van der Waals surface area contributed by atoms with Crippen molar-refractivity contribution in [2.24, 2.45) is 5.73 Å². The molecule has 2 rings (SSSR count). The van der Waals surface area contributed by atoms with Crippen LogP contribution in [-0.2, 0) is 11.2 Å². The lowest BCUT2D eigenvalue weighted by Gasteiger charge is -2.24. The van der Waals surface area contributed by atoms with Crippen molar-refractivity contribution in [1.82, 2.24) is 4.90 Å². The summed E-state index contributed by atoms with van der Waals surface area (Å²) >= 11 is 3.44. The number of carbonyl (C=O) groups excluding carboxylic acids is 1. The summed E-state index contributed by atoms with van der Waals surface area (Å²) in [4.78, 5) is 13.9. The molecular formula is C14H19BrN2O. The summed E-state index contributed by atoms with van der Waals surface area (Å²) in [5.74, 6) is 0.206. The molecular weight excluding hydrogens is 292 g/mol. The van der Waals surface area contributed by atoms with Crippen molar-refractivity contribution in [2.45, 2.75) is 31.7 Å². The zero-order valence-corrected chi connectivity index (χ0v) is 12.0. The van der Waals surface area contributed by atoms with E-state index in [1.165, 1.54) is 5.56 Å². The van der Waals surface area contributed by atoms with E-state index < -0.39 is 0 Å². The Hall–Kier alpha value is -0.870. The first-order valence-electron chi connectivity index (χ1n) is 6.44. The molecule has 0 aromatic heterocycles. The highest BCUT2D eigenvalue weighted by atomic mass is 79.9. The van der Waals surface area contributed by atoms with Crippen LogP contribution in [0.5, 0.6) is 0 Å². The molecule has 1 saturated heterocycles. The lowest BCUT2D eigenvalue weighted by molar-refractivity contribution is -0.131. The first-order chi connectivity index (χ1) is 8.70. The maximum absolute atomic E-state index is 11.9. The average Bonchev–Trinajstić information content (AvgIpc) is 2.81. The Bertz CT molecular complexity index is 405. The number of hydrogen-bond acceptors (Lipinski definition) is 2. The Labute approximate surface area is 116 Å². The van der Waals surface area contributed by atoms with Crippen molar-refractivity contribution in [2.75, 3.05) is 13.1 Å². The van der Waals surface area contributed by atoms with E-state index in [2.05, 4.69) is 40.2 Å². The molecule has 3 nitrogen and oxygen atoms in total. The van der Waals surface area contributed by atoms with Crippen molar-refractivity contribution >= 4 is 21.8 Å². The summed E-state index contributed by atoms with van der Waals surface area (Å²) in [7, 11) is 0. The van der Waals surface area contributed by atoms with Crippen LogP contribution in [0.3, 0.4) is 0 Å². The minimum atomic E-state index is 0.206. The molecule has 0 bridgehead atoms. The standard InChI is InChI=1S/C14H19BrN2O/c15-12-5-3-11(4-6-12)10-13-2-1-9-17(13)14(18)7-8-16/h3-6,13H,1-2,7-10,16H2/t13-/m1/s1. The van der Waals surface area contributed by atoms with E-state index in [-0.39, 0.29) is 5.91 Å². The monoisotopic (exact) mass is 310 g/mol. The minimum Gasteiger partial charge on any atom is -0.339 e. The maximum Gasteiger partial charge on any atom is 0.224 e. The van der Waals surface area contributed by atoms with Crippen molar-refractivity contribution in [3.8, 4) is 0 Å². The number of amides is 1. The molecule has 1 atom stereocenters. The Morgan fingerprint density at radius 3 is 2.78 bits per heavy atom. The largest absolute Gasteiger partial charge is 0.339 e. The highest BCUT2D eigenvalue weighted by Gasteiger charge is 2.27. The van der Waals surface area contributed by atoms with E-state index >= 15 is 0 Å². The molecule has 0 unspecified atom stereocenters. The van der Waals surface area contributed by atoms with Crippen molar-refractivity contribution < 1.29 is 4.79 Å². The van der Waals surface area contributed by atoms with Crippen LogP contribution in [-0.4, -0.2) is 29.9 Å². The SMILES string of the molecule is NCCC(=O)N1CCC[C@@H]1Cc1ccc(Br)cc1. The second-order valence-corrected chi connectivity index (χ2v) is 5.67. The van der Waals surface area contributed by atoms with Gasteiger partial charge >= 0.3 is 0 Å². The minimum absolute atomic E-state index is 0.206. The fourth-order valence-electron chi connectivity index (χ4n) is 2.54. The van der Waals surface area contributed by atoms with Crippen LogP contribution in [0, 0.1) is 0 Å².